The number of nitrogens with two attached hydrogens (primary N) is 1. The third kappa shape index (κ3) is 3.16. The predicted octanol–water partition coefficient (Wildman–Crippen LogP) is 3.12. The summed E-state index contributed by atoms with van der Waals surface area (Å²) in [5.74, 6) is 0.499. The maximum Gasteiger partial charge on any atom is 0.260 e. The van der Waals surface area contributed by atoms with Crippen molar-refractivity contribution < 1.29 is 9.53 Å². The number of amides is 1. The molecule has 0 atom stereocenters. The molecule has 110 valence electrons. The van der Waals surface area contributed by atoms with Gasteiger partial charge in [0.1, 0.15) is 5.75 Å². The molecule has 21 heavy (non-hydrogen) atoms. The number of carbonyl (C=O) groups excluding carboxylic acids is 1. The first-order chi connectivity index (χ1) is 10.1. The van der Waals surface area contributed by atoms with E-state index in [2.05, 4.69) is 6.92 Å². The summed E-state index contributed by atoms with van der Waals surface area (Å²) in [4.78, 5) is 14.1. The Balaban J connectivity index is 2.25. The average molecular weight is 284 g/mol. The van der Waals surface area contributed by atoms with E-state index in [0.29, 0.717) is 17.0 Å². The van der Waals surface area contributed by atoms with Gasteiger partial charge in [-0.3, -0.25) is 4.79 Å². The lowest BCUT2D eigenvalue weighted by molar-refractivity contribution is 0.0994. The molecule has 0 radical (unpaired) electrons. The summed E-state index contributed by atoms with van der Waals surface area (Å²) < 4.78 is 5.10. The van der Waals surface area contributed by atoms with Crippen LogP contribution in [0.25, 0.3) is 0 Å². The third-order valence-corrected chi connectivity index (χ3v) is 3.53. The minimum atomic E-state index is -0.139. The summed E-state index contributed by atoms with van der Waals surface area (Å²) in [5.41, 5.74) is 8.90. The number of methoxy groups -OCH3 is 1. The lowest BCUT2D eigenvalue weighted by Crippen LogP contribution is -2.27. The van der Waals surface area contributed by atoms with E-state index in [4.69, 9.17) is 10.5 Å². The first-order valence-electron chi connectivity index (χ1n) is 6.87. The van der Waals surface area contributed by atoms with Gasteiger partial charge in [0.05, 0.1) is 12.7 Å². The Morgan fingerprint density at radius 3 is 2.38 bits per heavy atom. The highest BCUT2D eigenvalue weighted by molar-refractivity contribution is 6.09. The van der Waals surface area contributed by atoms with Crippen LogP contribution in [0.2, 0.25) is 0 Å². The van der Waals surface area contributed by atoms with Crippen LogP contribution in [0.5, 0.6) is 5.75 Å². The van der Waals surface area contributed by atoms with E-state index in [1.807, 2.05) is 24.3 Å². The molecule has 0 fully saturated rings. The van der Waals surface area contributed by atoms with Crippen LogP contribution in [-0.2, 0) is 6.42 Å². The van der Waals surface area contributed by atoms with Crippen LogP contribution in [0.15, 0.2) is 42.5 Å². The first kappa shape index (κ1) is 14.9. The molecule has 4 heteroatoms. The molecular weight excluding hydrogens is 264 g/mol. The number of nitrogen functional groups attached to an aromatic ring is 1. The summed E-state index contributed by atoms with van der Waals surface area (Å²) in [6, 6.07) is 13.0. The van der Waals surface area contributed by atoms with Crippen molar-refractivity contribution >= 4 is 17.3 Å². The zero-order valence-electron chi connectivity index (χ0n) is 12.6. The van der Waals surface area contributed by atoms with Crippen LogP contribution in [0.4, 0.5) is 11.4 Å². The molecule has 0 spiro atoms. The van der Waals surface area contributed by atoms with Gasteiger partial charge in [0, 0.05) is 24.5 Å². The van der Waals surface area contributed by atoms with Crippen molar-refractivity contribution in [1.82, 2.24) is 0 Å². The van der Waals surface area contributed by atoms with Gasteiger partial charge in [-0.1, -0.05) is 19.1 Å². The maximum absolute atomic E-state index is 12.5. The van der Waals surface area contributed by atoms with Crippen LogP contribution in [-0.4, -0.2) is 20.1 Å². The number of hydrogen-bond acceptors (Lipinski definition) is 3. The van der Waals surface area contributed by atoms with Gasteiger partial charge >= 0.3 is 0 Å². The third-order valence-electron chi connectivity index (χ3n) is 3.53. The standard InChI is InChI=1S/C17H20N2O2/c1-4-12-5-7-13(8-6-12)19(2)17(20)15-10-9-14(21-3)11-16(15)18/h5-11H,4,18H2,1-3H3. The summed E-state index contributed by atoms with van der Waals surface area (Å²) in [7, 11) is 3.31. The highest BCUT2D eigenvalue weighted by Crippen LogP contribution is 2.23. The molecule has 0 aliphatic rings. The van der Waals surface area contributed by atoms with Gasteiger partial charge in [0.25, 0.3) is 5.91 Å². The van der Waals surface area contributed by atoms with Crippen LogP contribution in [0, 0.1) is 0 Å². The van der Waals surface area contributed by atoms with E-state index in [9.17, 15) is 4.79 Å². The number of rotatable bonds is 4. The zero-order valence-corrected chi connectivity index (χ0v) is 12.6. The Morgan fingerprint density at radius 2 is 1.86 bits per heavy atom. The molecule has 2 aromatic carbocycles. The van der Waals surface area contributed by atoms with Gasteiger partial charge in [0.15, 0.2) is 0 Å². The number of carbonyl (C=O) groups is 1. The SMILES string of the molecule is CCc1ccc(N(C)C(=O)c2ccc(OC)cc2N)cc1. The molecular formula is C17H20N2O2. The Kier molecular flexibility index (Phi) is 4.48. The molecule has 1 amide bonds. The second kappa shape index (κ2) is 6.31. The molecule has 0 saturated carbocycles. The molecule has 0 heterocycles. The van der Waals surface area contributed by atoms with Gasteiger partial charge in [-0.25, -0.2) is 0 Å². The van der Waals surface area contributed by atoms with Crippen molar-refractivity contribution in [3.63, 3.8) is 0 Å². The Hall–Kier alpha value is -2.49. The van der Waals surface area contributed by atoms with Crippen molar-refractivity contribution in [2.24, 2.45) is 0 Å². The number of benzene rings is 2. The van der Waals surface area contributed by atoms with Crippen LogP contribution in [0.1, 0.15) is 22.8 Å². The summed E-state index contributed by atoms with van der Waals surface area (Å²) in [6.07, 6.45) is 0.976. The van der Waals surface area contributed by atoms with Crippen molar-refractivity contribution in [2.45, 2.75) is 13.3 Å². The van der Waals surface area contributed by atoms with Crippen molar-refractivity contribution in [3.05, 3.63) is 53.6 Å². The molecule has 2 N–H and O–H groups in total. The number of ether oxygens (including phenoxy) is 1. The van der Waals surface area contributed by atoms with E-state index in [1.54, 1.807) is 37.3 Å². The second-order valence-corrected chi connectivity index (χ2v) is 4.84. The zero-order chi connectivity index (χ0) is 15.4. The number of aryl methyl sites for hydroxylation is 1. The number of nitrogens with zero attached hydrogens (tertiary/aromatic N) is 1. The van der Waals surface area contributed by atoms with Crippen LogP contribution in [0.3, 0.4) is 0 Å². The Bertz CT molecular complexity index is 636. The molecule has 0 aromatic heterocycles. The van der Waals surface area contributed by atoms with Gasteiger partial charge in [0.2, 0.25) is 0 Å². The highest BCUT2D eigenvalue weighted by Gasteiger charge is 2.16. The summed E-state index contributed by atoms with van der Waals surface area (Å²) in [5, 5.41) is 0. The number of anilines is 2. The molecule has 0 bridgehead atoms. The predicted molar refractivity (Wildman–Crippen MR) is 86.0 cm³/mol. The molecule has 0 aliphatic heterocycles. The van der Waals surface area contributed by atoms with Gasteiger partial charge in [-0.2, -0.15) is 0 Å². The Morgan fingerprint density at radius 1 is 1.19 bits per heavy atom. The van der Waals surface area contributed by atoms with E-state index in [-0.39, 0.29) is 5.91 Å². The maximum atomic E-state index is 12.5. The van der Waals surface area contributed by atoms with Crippen molar-refractivity contribution in [1.29, 1.82) is 0 Å². The lowest BCUT2D eigenvalue weighted by atomic mass is 10.1. The molecule has 4 nitrogen and oxygen atoms in total. The molecule has 2 rings (SSSR count). The van der Waals surface area contributed by atoms with E-state index < -0.39 is 0 Å². The van der Waals surface area contributed by atoms with Gasteiger partial charge in [-0.15, -0.1) is 0 Å². The monoisotopic (exact) mass is 284 g/mol. The van der Waals surface area contributed by atoms with Gasteiger partial charge < -0.3 is 15.4 Å². The van der Waals surface area contributed by atoms with E-state index in [0.717, 1.165) is 12.1 Å². The van der Waals surface area contributed by atoms with Crippen LogP contribution < -0.4 is 15.4 Å². The quantitative estimate of drug-likeness (QED) is 0.878. The Labute approximate surface area is 125 Å². The van der Waals surface area contributed by atoms with Crippen molar-refractivity contribution in [2.75, 3.05) is 24.8 Å². The normalized spacial score (nSPS) is 10.2. The average Bonchev–Trinajstić information content (AvgIpc) is 2.53. The first-order valence-corrected chi connectivity index (χ1v) is 6.87. The fourth-order valence-electron chi connectivity index (χ4n) is 2.12. The van der Waals surface area contributed by atoms with Crippen LogP contribution >= 0.6 is 0 Å². The van der Waals surface area contributed by atoms with Crippen molar-refractivity contribution in [3.8, 4) is 5.75 Å². The van der Waals surface area contributed by atoms with Gasteiger partial charge in [-0.05, 0) is 36.2 Å². The number of hydrogen-bond donors (Lipinski definition) is 1. The lowest BCUT2D eigenvalue weighted by Gasteiger charge is -2.19. The fourth-order valence-corrected chi connectivity index (χ4v) is 2.12. The topological polar surface area (TPSA) is 55.6 Å². The minimum Gasteiger partial charge on any atom is -0.497 e. The molecule has 0 aliphatic carbocycles. The molecule has 0 saturated heterocycles. The van der Waals surface area contributed by atoms with E-state index >= 15 is 0 Å². The summed E-state index contributed by atoms with van der Waals surface area (Å²) >= 11 is 0. The molecule has 2 aromatic rings. The fraction of sp³-hybridized carbons (Fsp3) is 0.235. The highest BCUT2D eigenvalue weighted by atomic mass is 16.5. The summed E-state index contributed by atoms with van der Waals surface area (Å²) in [6.45, 7) is 2.10. The molecule has 0 unspecified atom stereocenters. The van der Waals surface area contributed by atoms with E-state index in [1.165, 1.54) is 5.56 Å². The largest absolute Gasteiger partial charge is 0.497 e. The minimum absolute atomic E-state index is 0.139. The second-order valence-electron chi connectivity index (χ2n) is 4.84. The smallest absolute Gasteiger partial charge is 0.260 e.